The second-order valence-electron chi connectivity index (χ2n) is 2.74. The Morgan fingerprint density at radius 3 is 2.83 bits per heavy atom. The fraction of sp³-hybridized carbons (Fsp3) is 0.500. The molecule has 2 nitrogen and oxygen atoms in total. The maximum absolute atomic E-state index is 5.67. The molecule has 0 aromatic rings. The molecule has 0 aromatic heterocycles. The first-order valence-corrected chi connectivity index (χ1v) is 3.99. The molecule has 0 spiro atoms. The topological polar surface area (TPSA) is 29.3 Å². The number of nitrogens with two attached hydrogens (primary N) is 1. The van der Waals surface area contributed by atoms with Crippen LogP contribution in [0.1, 0.15) is 19.8 Å². The minimum atomic E-state index is 0.716. The van der Waals surface area contributed by atoms with E-state index in [9.17, 15) is 0 Å². The lowest BCUT2D eigenvalue weighted by Crippen LogP contribution is -2.33. The van der Waals surface area contributed by atoms with E-state index in [1.165, 1.54) is 0 Å². The third-order valence-electron chi connectivity index (χ3n) is 1.51. The van der Waals surface area contributed by atoms with E-state index in [0.717, 1.165) is 25.0 Å². The first kappa shape index (κ1) is 11.0. The molecule has 12 heavy (non-hydrogen) atoms. The Bertz CT molecular complexity index is 206. The molecule has 0 heterocycles. The normalized spacial score (nSPS) is 9.17. The number of hydrazine groups is 1. The van der Waals surface area contributed by atoms with Crippen LogP contribution in [0.2, 0.25) is 0 Å². The quantitative estimate of drug-likeness (QED) is 0.218. The molecule has 0 saturated carbocycles. The first-order valence-electron chi connectivity index (χ1n) is 3.99. The van der Waals surface area contributed by atoms with Crippen LogP contribution < -0.4 is 5.84 Å². The van der Waals surface area contributed by atoms with Crippen molar-refractivity contribution in [2.45, 2.75) is 19.8 Å². The molecular formula is C10H16N2. The van der Waals surface area contributed by atoms with Gasteiger partial charge >= 0.3 is 0 Å². The van der Waals surface area contributed by atoms with E-state index in [1.54, 1.807) is 5.01 Å². The third-order valence-corrected chi connectivity index (χ3v) is 1.51. The van der Waals surface area contributed by atoms with Crippen LogP contribution in [-0.4, -0.2) is 18.1 Å². The number of nitrogens with zero attached hydrogens (tertiary/aromatic N) is 1. The van der Waals surface area contributed by atoms with Gasteiger partial charge in [-0.2, -0.15) is 0 Å². The van der Waals surface area contributed by atoms with Crippen molar-refractivity contribution in [3.8, 4) is 12.3 Å². The van der Waals surface area contributed by atoms with Gasteiger partial charge in [0.2, 0.25) is 0 Å². The van der Waals surface area contributed by atoms with Crippen molar-refractivity contribution in [2.24, 2.45) is 5.84 Å². The molecule has 0 aliphatic carbocycles. The fourth-order valence-corrected chi connectivity index (χ4v) is 0.824. The SMILES string of the molecule is C#CCCCN(N)CC(C)=C=C. The molecule has 2 N–H and O–H groups in total. The van der Waals surface area contributed by atoms with E-state index in [0.29, 0.717) is 6.54 Å². The second-order valence-corrected chi connectivity index (χ2v) is 2.74. The molecule has 0 saturated heterocycles. The zero-order chi connectivity index (χ0) is 9.40. The van der Waals surface area contributed by atoms with Crippen molar-refractivity contribution in [1.82, 2.24) is 5.01 Å². The zero-order valence-corrected chi connectivity index (χ0v) is 7.64. The zero-order valence-electron chi connectivity index (χ0n) is 7.64. The molecule has 0 fully saturated rings. The highest BCUT2D eigenvalue weighted by molar-refractivity contribution is 4.96. The van der Waals surface area contributed by atoms with Crippen LogP contribution in [0.3, 0.4) is 0 Å². The third kappa shape index (κ3) is 5.76. The van der Waals surface area contributed by atoms with Gasteiger partial charge in [-0.3, -0.25) is 5.84 Å². The summed E-state index contributed by atoms with van der Waals surface area (Å²) in [6, 6.07) is 0. The van der Waals surface area contributed by atoms with Crippen molar-refractivity contribution < 1.29 is 0 Å². The standard InChI is InChI=1S/C10H16N2/c1-4-6-7-8-12(11)9-10(3)5-2/h1H,2,6-9,11H2,3H3. The maximum Gasteiger partial charge on any atom is 0.0410 e. The van der Waals surface area contributed by atoms with Crippen LogP contribution in [-0.2, 0) is 0 Å². The minimum absolute atomic E-state index is 0.716. The summed E-state index contributed by atoms with van der Waals surface area (Å²) in [6.07, 6.45) is 6.83. The number of hydrogen-bond acceptors (Lipinski definition) is 2. The number of hydrogen-bond donors (Lipinski definition) is 1. The Labute approximate surface area is 74.7 Å². The molecule has 0 unspecified atom stereocenters. The monoisotopic (exact) mass is 164 g/mol. The lowest BCUT2D eigenvalue weighted by atomic mass is 10.3. The van der Waals surface area contributed by atoms with Crippen LogP contribution in [0.25, 0.3) is 0 Å². The summed E-state index contributed by atoms with van der Waals surface area (Å²) in [4.78, 5) is 0. The van der Waals surface area contributed by atoms with Gasteiger partial charge in [-0.15, -0.1) is 18.1 Å². The molecule has 2 heteroatoms. The molecule has 0 atom stereocenters. The Kier molecular flexibility index (Phi) is 6.14. The number of unbranched alkanes of at least 4 members (excludes halogenated alkanes) is 1. The van der Waals surface area contributed by atoms with Crippen LogP contribution in [0.4, 0.5) is 0 Å². The van der Waals surface area contributed by atoms with Crippen molar-refractivity contribution in [2.75, 3.05) is 13.1 Å². The minimum Gasteiger partial charge on any atom is -0.268 e. The predicted octanol–water partition coefficient (Wildman–Crippen LogP) is 1.31. The van der Waals surface area contributed by atoms with Gasteiger partial charge in [0.15, 0.2) is 0 Å². The molecular weight excluding hydrogens is 148 g/mol. The van der Waals surface area contributed by atoms with Crippen molar-refractivity contribution >= 4 is 0 Å². The van der Waals surface area contributed by atoms with E-state index >= 15 is 0 Å². The van der Waals surface area contributed by atoms with Gasteiger partial charge in [0, 0.05) is 19.5 Å². The average molecular weight is 164 g/mol. The Morgan fingerprint density at radius 1 is 1.67 bits per heavy atom. The van der Waals surface area contributed by atoms with E-state index < -0.39 is 0 Å². The highest BCUT2D eigenvalue weighted by Gasteiger charge is 1.97. The van der Waals surface area contributed by atoms with Gasteiger partial charge in [0.05, 0.1) is 0 Å². The number of rotatable bonds is 5. The molecule has 0 amide bonds. The summed E-state index contributed by atoms with van der Waals surface area (Å²) in [5, 5.41) is 1.73. The summed E-state index contributed by atoms with van der Waals surface area (Å²) >= 11 is 0. The van der Waals surface area contributed by atoms with Crippen LogP contribution in [0, 0.1) is 12.3 Å². The van der Waals surface area contributed by atoms with Crippen LogP contribution in [0.15, 0.2) is 17.9 Å². The van der Waals surface area contributed by atoms with Gasteiger partial charge in [0.1, 0.15) is 0 Å². The van der Waals surface area contributed by atoms with E-state index in [4.69, 9.17) is 12.3 Å². The first-order chi connectivity index (χ1) is 5.70. The highest BCUT2D eigenvalue weighted by Crippen LogP contribution is 1.94. The second kappa shape index (κ2) is 6.69. The fourth-order valence-electron chi connectivity index (χ4n) is 0.824. The highest BCUT2D eigenvalue weighted by atomic mass is 15.4. The summed E-state index contributed by atoms with van der Waals surface area (Å²) in [5.41, 5.74) is 3.84. The molecule has 66 valence electrons. The molecule has 0 rings (SSSR count). The van der Waals surface area contributed by atoms with Gasteiger partial charge in [-0.05, 0) is 18.9 Å². The molecule has 0 aliphatic rings. The summed E-state index contributed by atoms with van der Waals surface area (Å²) in [6.45, 7) is 7.02. The van der Waals surface area contributed by atoms with Gasteiger partial charge in [-0.25, -0.2) is 5.01 Å². The summed E-state index contributed by atoms with van der Waals surface area (Å²) in [5.74, 6) is 8.24. The smallest absolute Gasteiger partial charge is 0.0410 e. The number of terminal acetylenes is 1. The molecule has 0 aliphatic heterocycles. The van der Waals surface area contributed by atoms with Gasteiger partial charge in [0.25, 0.3) is 0 Å². The van der Waals surface area contributed by atoms with Crippen molar-refractivity contribution in [3.05, 3.63) is 17.9 Å². The Balaban J connectivity index is 3.54. The lowest BCUT2D eigenvalue weighted by Gasteiger charge is -2.14. The van der Waals surface area contributed by atoms with Gasteiger partial charge in [-0.1, -0.05) is 6.58 Å². The van der Waals surface area contributed by atoms with Gasteiger partial charge < -0.3 is 0 Å². The molecule has 0 aromatic carbocycles. The maximum atomic E-state index is 5.67. The largest absolute Gasteiger partial charge is 0.268 e. The van der Waals surface area contributed by atoms with Crippen LogP contribution in [0.5, 0.6) is 0 Å². The van der Waals surface area contributed by atoms with E-state index in [-0.39, 0.29) is 0 Å². The molecule has 0 radical (unpaired) electrons. The Morgan fingerprint density at radius 2 is 2.33 bits per heavy atom. The summed E-state index contributed by atoms with van der Waals surface area (Å²) in [7, 11) is 0. The van der Waals surface area contributed by atoms with E-state index in [2.05, 4.69) is 18.2 Å². The Hall–Kier alpha value is -1.00. The predicted molar refractivity (Wildman–Crippen MR) is 52.2 cm³/mol. The van der Waals surface area contributed by atoms with Crippen molar-refractivity contribution in [3.63, 3.8) is 0 Å². The summed E-state index contributed by atoms with van der Waals surface area (Å²) < 4.78 is 0. The lowest BCUT2D eigenvalue weighted by molar-refractivity contribution is 0.305. The van der Waals surface area contributed by atoms with E-state index in [1.807, 2.05) is 6.92 Å². The average Bonchev–Trinajstić information content (AvgIpc) is 2.05. The van der Waals surface area contributed by atoms with Crippen molar-refractivity contribution in [1.29, 1.82) is 0 Å². The molecule has 0 bridgehead atoms. The van der Waals surface area contributed by atoms with Crippen LogP contribution >= 0.6 is 0 Å².